The number of likely N-dealkylation sites (tertiary alicyclic amines) is 1. The van der Waals surface area contributed by atoms with Crippen molar-refractivity contribution < 1.29 is 24.5 Å². The van der Waals surface area contributed by atoms with Crippen LogP contribution in [0.1, 0.15) is 26.2 Å². The molecule has 7 nitrogen and oxygen atoms in total. The van der Waals surface area contributed by atoms with Crippen molar-refractivity contribution in [3.63, 3.8) is 0 Å². The number of methoxy groups -OCH3 is 1. The highest BCUT2D eigenvalue weighted by atomic mass is 16.5. The Labute approximate surface area is 112 Å². The summed E-state index contributed by atoms with van der Waals surface area (Å²) in [6, 6.07) is -1.49. The first kappa shape index (κ1) is 15.7. The maximum atomic E-state index is 12.0. The van der Waals surface area contributed by atoms with Gasteiger partial charge >= 0.3 is 12.0 Å². The highest BCUT2D eigenvalue weighted by Crippen LogP contribution is 2.23. The van der Waals surface area contributed by atoms with E-state index in [2.05, 4.69) is 5.32 Å². The number of ether oxygens (including phenoxy) is 1. The summed E-state index contributed by atoms with van der Waals surface area (Å²) in [6.45, 7) is 2.65. The maximum Gasteiger partial charge on any atom is 0.326 e. The van der Waals surface area contributed by atoms with E-state index >= 15 is 0 Å². The van der Waals surface area contributed by atoms with E-state index in [0.29, 0.717) is 13.1 Å². The lowest BCUT2D eigenvalue weighted by molar-refractivity contribution is -0.139. The molecule has 19 heavy (non-hydrogen) atoms. The number of piperidine rings is 1. The van der Waals surface area contributed by atoms with Gasteiger partial charge in [-0.1, -0.05) is 0 Å². The predicted octanol–water partition coefficient (Wildman–Crippen LogP) is 0.0325. The Bertz CT molecular complexity index is 336. The zero-order valence-corrected chi connectivity index (χ0v) is 11.4. The Balaban J connectivity index is 2.59. The van der Waals surface area contributed by atoms with Crippen LogP contribution in [0.4, 0.5) is 4.79 Å². The van der Waals surface area contributed by atoms with Gasteiger partial charge in [-0.3, -0.25) is 0 Å². The van der Waals surface area contributed by atoms with E-state index in [1.807, 2.05) is 6.92 Å². The van der Waals surface area contributed by atoms with Crippen LogP contribution in [0, 0.1) is 0 Å². The van der Waals surface area contributed by atoms with E-state index in [0.717, 1.165) is 12.8 Å². The molecule has 2 unspecified atom stereocenters. The second-order valence-electron chi connectivity index (χ2n) is 5.03. The molecule has 2 atom stereocenters. The lowest BCUT2D eigenvalue weighted by Crippen LogP contribution is -2.55. The molecule has 0 spiro atoms. The number of urea groups is 1. The number of aliphatic hydroxyl groups excluding tert-OH is 1. The van der Waals surface area contributed by atoms with E-state index in [1.165, 1.54) is 0 Å². The van der Waals surface area contributed by atoms with Gasteiger partial charge in [-0.25, -0.2) is 9.59 Å². The topological polar surface area (TPSA) is 99.1 Å². The Morgan fingerprint density at radius 2 is 2.21 bits per heavy atom. The monoisotopic (exact) mass is 274 g/mol. The van der Waals surface area contributed by atoms with Crippen molar-refractivity contribution in [3.05, 3.63) is 0 Å². The van der Waals surface area contributed by atoms with Gasteiger partial charge in [-0.2, -0.15) is 0 Å². The summed E-state index contributed by atoms with van der Waals surface area (Å²) in [4.78, 5) is 24.5. The summed E-state index contributed by atoms with van der Waals surface area (Å²) in [7, 11) is 1.60. The molecule has 1 rings (SSSR count). The number of carbonyl (C=O) groups is 2. The third kappa shape index (κ3) is 4.36. The second-order valence-corrected chi connectivity index (χ2v) is 5.03. The van der Waals surface area contributed by atoms with Crippen LogP contribution in [0.25, 0.3) is 0 Å². The average molecular weight is 274 g/mol. The first-order chi connectivity index (χ1) is 8.91. The van der Waals surface area contributed by atoms with Crippen molar-refractivity contribution in [1.29, 1.82) is 0 Å². The van der Waals surface area contributed by atoms with Gasteiger partial charge in [0.05, 0.1) is 12.1 Å². The number of carboxylic acid groups (broad SMARTS) is 1. The third-order valence-electron chi connectivity index (χ3n) is 3.45. The van der Waals surface area contributed by atoms with Gasteiger partial charge < -0.3 is 25.2 Å². The molecule has 1 aliphatic rings. The number of nitrogens with one attached hydrogen (secondary N) is 1. The highest BCUT2D eigenvalue weighted by molar-refractivity contribution is 5.82. The van der Waals surface area contributed by atoms with Crippen LogP contribution in [-0.4, -0.2) is 65.6 Å². The summed E-state index contributed by atoms with van der Waals surface area (Å²) >= 11 is 0. The molecule has 0 aromatic rings. The molecule has 110 valence electrons. The van der Waals surface area contributed by atoms with Crippen LogP contribution >= 0.6 is 0 Å². The van der Waals surface area contributed by atoms with E-state index in [1.54, 1.807) is 12.0 Å². The van der Waals surface area contributed by atoms with Gasteiger partial charge in [0.25, 0.3) is 0 Å². The summed E-state index contributed by atoms with van der Waals surface area (Å²) < 4.78 is 5.38. The van der Waals surface area contributed by atoms with Gasteiger partial charge in [0.1, 0.15) is 6.04 Å². The van der Waals surface area contributed by atoms with Crippen LogP contribution < -0.4 is 5.32 Å². The Hall–Kier alpha value is -1.34. The van der Waals surface area contributed by atoms with Crippen LogP contribution in [0.2, 0.25) is 0 Å². The molecule has 0 aliphatic carbocycles. The minimum Gasteiger partial charge on any atom is -0.480 e. The van der Waals surface area contributed by atoms with E-state index in [9.17, 15) is 9.59 Å². The fourth-order valence-corrected chi connectivity index (χ4v) is 2.17. The molecule has 0 saturated carbocycles. The Morgan fingerprint density at radius 1 is 1.53 bits per heavy atom. The largest absolute Gasteiger partial charge is 0.480 e. The van der Waals surface area contributed by atoms with E-state index < -0.39 is 18.0 Å². The normalized spacial score (nSPS) is 24.9. The molecule has 7 heteroatoms. The molecule has 0 bridgehead atoms. The Kier molecular flexibility index (Phi) is 5.56. The predicted molar refractivity (Wildman–Crippen MR) is 67.9 cm³/mol. The first-order valence-corrected chi connectivity index (χ1v) is 6.36. The lowest BCUT2D eigenvalue weighted by atomic mass is 9.95. The van der Waals surface area contributed by atoms with Crippen molar-refractivity contribution >= 4 is 12.0 Å². The number of nitrogens with zero attached hydrogens (tertiary/aromatic N) is 1. The lowest BCUT2D eigenvalue weighted by Gasteiger charge is -2.39. The highest BCUT2D eigenvalue weighted by Gasteiger charge is 2.34. The van der Waals surface area contributed by atoms with Crippen LogP contribution in [0.5, 0.6) is 0 Å². The van der Waals surface area contributed by atoms with E-state index in [4.69, 9.17) is 14.9 Å². The molecule has 1 fully saturated rings. The molecule has 1 saturated heterocycles. The van der Waals surface area contributed by atoms with Crippen LogP contribution in [-0.2, 0) is 9.53 Å². The number of aliphatic hydroxyl groups is 1. The van der Waals surface area contributed by atoms with Crippen molar-refractivity contribution in [3.8, 4) is 0 Å². The summed E-state index contributed by atoms with van der Waals surface area (Å²) in [5.41, 5.74) is -0.384. The molecule has 0 aromatic heterocycles. The number of rotatable bonds is 5. The number of hydrogen-bond acceptors (Lipinski definition) is 4. The van der Waals surface area contributed by atoms with Crippen molar-refractivity contribution in [2.75, 3.05) is 26.8 Å². The molecule has 1 aliphatic heterocycles. The summed E-state index contributed by atoms with van der Waals surface area (Å²) in [5, 5.41) is 20.1. The van der Waals surface area contributed by atoms with Gasteiger partial charge in [-0.15, -0.1) is 0 Å². The number of aliphatic carboxylic acids is 1. The smallest absolute Gasteiger partial charge is 0.326 e. The minimum atomic E-state index is -1.14. The van der Waals surface area contributed by atoms with Gasteiger partial charge in [-0.05, 0) is 19.8 Å². The molecular formula is C12H22N2O5. The van der Waals surface area contributed by atoms with Gasteiger partial charge in [0.2, 0.25) is 0 Å². The zero-order valence-electron chi connectivity index (χ0n) is 11.4. The fourth-order valence-electron chi connectivity index (χ4n) is 2.17. The molecule has 0 aromatic carbocycles. The van der Waals surface area contributed by atoms with Crippen molar-refractivity contribution in [2.45, 2.75) is 37.8 Å². The molecule has 1 heterocycles. The Morgan fingerprint density at radius 3 is 2.74 bits per heavy atom. The van der Waals surface area contributed by atoms with E-state index in [-0.39, 0.29) is 18.6 Å². The molecule has 2 amide bonds. The quantitative estimate of drug-likeness (QED) is 0.657. The minimum absolute atomic E-state index is 0.00351. The van der Waals surface area contributed by atoms with Crippen LogP contribution in [0.15, 0.2) is 0 Å². The van der Waals surface area contributed by atoms with Crippen molar-refractivity contribution in [1.82, 2.24) is 10.2 Å². The van der Waals surface area contributed by atoms with Gasteiger partial charge in [0, 0.05) is 26.7 Å². The third-order valence-corrected chi connectivity index (χ3v) is 3.45. The maximum absolute atomic E-state index is 12.0. The number of hydrogen-bond donors (Lipinski definition) is 3. The number of carboxylic acids is 1. The number of amides is 2. The van der Waals surface area contributed by atoms with Crippen molar-refractivity contribution in [2.24, 2.45) is 0 Å². The second kappa shape index (κ2) is 6.72. The molecular weight excluding hydrogens is 252 g/mol. The standard InChI is InChI=1S/C12H22N2O5/c1-12(19-2)5-3-6-14(8-12)11(18)13-9(4-7-15)10(16)17/h9,15H,3-8H2,1-2H3,(H,13,18)(H,16,17). The van der Waals surface area contributed by atoms with Gasteiger partial charge in [0.15, 0.2) is 0 Å². The SMILES string of the molecule is COC1(C)CCCN(C(=O)NC(CCO)C(=O)O)C1. The average Bonchev–Trinajstić information content (AvgIpc) is 2.38. The van der Waals surface area contributed by atoms with Crippen LogP contribution in [0.3, 0.4) is 0 Å². The molecule has 0 radical (unpaired) electrons. The summed E-state index contributed by atoms with van der Waals surface area (Å²) in [5.74, 6) is -1.14. The fraction of sp³-hybridized carbons (Fsp3) is 0.833. The zero-order chi connectivity index (χ0) is 14.5. The number of carbonyl (C=O) groups excluding carboxylic acids is 1. The molecule has 3 N–H and O–H groups in total. The first-order valence-electron chi connectivity index (χ1n) is 6.36. The summed E-state index contributed by atoms with van der Waals surface area (Å²) in [6.07, 6.45) is 1.68.